The standard InChI is InChI=1S/C21H16ClN3O6S/c1-3-30-20(27)17-11(2)23-21-24(18(17)12-4-6-13(22)7-5-12)19(26)15(32-21)10-14-8-9-16(31-14)25(28)29/h4-10,18H,3H2,1-2H3/b15-10-/t18-/m1/s1. The molecule has 0 aliphatic carbocycles. The van der Waals surface area contributed by atoms with Crippen molar-refractivity contribution < 1.29 is 18.9 Å². The average molecular weight is 474 g/mol. The molecule has 1 aromatic carbocycles. The van der Waals surface area contributed by atoms with Gasteiger partial charge in [0.05, 0.1) is 34.5 Å². The Hall–Kier alpha value is -3.50. The first kappa shape index (κ1) is 21.7. The number of allylic oxidation sites excluding steroid dienone is 1. The van der Waals surface area contributed by atoms with Crippen molar-refractivity contribution in [3.8, 4) is 0 Å². The Morgan fingerprint density at radius 1 is 1.34 bits per heavy atom. The number of carbonyl (C=O) groups excluding carboxylic acids is 1. The molecule has 0 saturated heterocycles. The highest BCUT2D eigenvalue weighted by atomic mass is 35.5. The van der Waals surface area contributed by atoms with Crippen LogP contribution in [0.2, 0.25) is 5.02 Å². The predicted molar refractivity (Wildman–Crippen MR) is 117 cm³/mol. The fraction of sp³-hybridized carbons (Fsp3) is 0.190. The van der Waals surface area contributed by atoms with Crippen LogP contribution in [0.5, 0.6) is 0 Å². The molecule has 1 aliphatic heterocycles. The van der Waals surface area contributed by atoms with Gasteiger partial charge in [-0.1, -0.05) is 35.1 Å². The molecule has 3 aromatic rings. The largest absolute Gasteiger partial charge is 0.463 e. The number of nitro groups is 1. The lowest BCUT2D eigenvalue weighted by molar-refractivity contribution is -0.402. The summed E-state index contributed by atoms with van der Waals surface area (Å²) in [6.07, 6.45) is 1.42. The van der Waals surface area contributed by atoms with Crippen LogP contribution in [0.4, 0.5) is 5.88 Å². The monoisotopic (exact) mass is 473 g/mol. The zero-order chi connectivity index (χ0) is 23.0. The Labute approximate surface area is 189 Å². The van der Waals surface area contributed by atoms with E-state index >= 15 is 0 Å². The van der Waals surface area contributed by atoms with Crippen LogP contribution in [-0.4, -0.2) is 22.1 Å². The molecule has 2 aromatic heterocycles. The number of furan rings is 1. The average Bonchev–Trinajstić information content (AvgIpc) is 3.33. The van der Waals surface area contributed by atoms with Crippen molar-refractivity contribution in [1.29, 1.82) is 0 Å². The van der Waals surface area contributed by atoms with E-state index in [0.717, 1.165) is 11.3 Å². The Balaban J connectivity index is 1.93. The molecule has 0 N–H and O–H groups in total. The topological polar surface area (TPSA) is 117 Å². The maximum Gasteiger partial charge on any atom is 0.433 e. The number of hydrogen-bond donors (Lipinski definition) is 0. The number of carbonyl (C=O) groups is 1. The lowest BCUT2D eigenvalue weighted by Crippen LogP contribution is -2.39. The summed E-state index contributed by atoms with van der Waals surface area (Å²) in [5.74, 6) is -0.834. The number of aromatic nitrogens is 1. The van der Waals surface area contributed by atoms with Crippen molar-refractivity contribution in [1.82, 2.24) is 4.57 Å². The third-order valence-corrected chi connectivity index (χ3v) is 6.00. The number of thiazole rings is 1. The van der Waals surface area contributed by atoms with E-state index in [4.69, 9.17) is 20.8 Å². The Morgan fingerprint density at radius 2 is 2.06 bits per heavy atom. The van der Waals surface area contributed by atoms with Crippen molar-refractivity contribution in [2.75, 3.05) is 6.61 Å². The predicted octanol–water partition coefficient (Wildman–Crippen LogP) is 2.95. The number of nitrogens with zero attached hydrogens (tertiary/aromatic N) is 3. The maximum atomic E-state index is 13.3. The lowest BCUT2D eigenvalue weighted by atomic mass is 9.96. The van der Waals surface area contributed by atoms with Gasteiger partial charge >= 0.3 is 11.9 Å². The lowest BCUT2D eigenvalue weighted by Gasteiger charge is -2.24. The number of halogens is 1. The summed E-state index contributed by atoms with van der Waals surface area (Å²) in [7, 11) is 0. The fourth-order valence-electron chi connectivity index (χ4n) is 3.40. The quantitative estimate of drug-likeness (QED) is 0.319. The van der Waals surface area contributed by atoms with Gasteiger partial charge < -0.3 is 9.15 Å². The molecule has 0 fully saturated rings. The first-order valence-corrected chi connectivity index (χ1v) is 10.7. The molecule has 32 heavy (non-hydrogen) atoms. The number of rotatable bonds is 5. The Bertz CT molecular complexity index is 1430. The molecular formula is C21H16ClN3O6S. The molecule has 0 radical (unpaired) electrons. The van der Waals surface area contributed by atoms with Crippen LogP contribution >= 0.6 is 22.9 Å². The second-order valence-corrected chi connectivity index (χ2v) is 8.23. The van der Waals surface area contributed by atoms with Crippen molar-refractivity contribution >= 4 is 40.9 Å². The molecule has 0 saturated carbocycles. The van der Waals surface area contributed by atoms with Crippen LogP contribution in [0, 0.1) is 10.1 Å². The van der Waals surface area contributed by atoms with Gasteiger partial charge in [-0.3, -0.25) is 19.5 Å². The van der Waals surface area contributed by atoms with Crippen molar-refractivity contribution in [2.24, 2.45) is 4.99 Å². The van der Waals surface area contributed by atoms with E-state index in [1.807, 2.05) is 0 Å². The molecule has 1 aliphatic rings. The zero-order valence-electron chi connectivity index (χ0n) is 16.9. The summed E-state index contributed by atoms with van der Waals surface area (Å²) in [5.41, 5.74) is 0.932. The van der Waals surface area contributed by atoms with Gasteiger partial charge in [-0.2, -0.15) is 0 Å². The Kier molecular flexibility index (Phi) is 5.81. The van der Waals surface area contributed by atoms with Crippen LogP contribution in [0.25, 0.3) is 6.08 Å². The van der Waals surface area contributed by atoms with Crippen molar-refractivity contribution in [2.45, 2.75) is 19.9 Å². The van der Waals surface area contributed by atoms with Gasteiger partial charge in [-0.05, 0) is 37.6 Å². The minimum atomic E-state index is -0.768. The van der Waals surface area contributed by atoms with Crippen molar-refractivity contribution in [3.05, 3.63) is 93.8 Å². The van der Waals surface area contributed by atoms with Crippen LogP contribution in [0.15, 0.2) is 61.9 Å². The minimum Gasteiger partial charge on any atom is -0.463 e. The first-order valence-electron chi connectivity index (χ1n) is 9.49. The smallest absolute Gasteiger partial charge is 0.433 e. The van der Waals surface area contributed by atoms with E-state index in [2.05, 4.69) is 4.99 Å². The summed E-state index contributed by atoms with van der Waals surface area (Å²) in [5, 5.41) is 11.4. The second-order valence-electron chi connectivity index (χ2n) is 6.79. The van der Waals surface area contributed by atoms with Gasteiger partial charge in [0.1, 0.15) is 10.7 Å². The third-order valence-electron chi connectivity index (χ3n) is 4.77. The summed E-state index contributed by atoms with van der Waals surface area (Å²) < 4.78 is 12.0. The van der Waals surface area contributed by atoms with Crippen LogP contribution in [0.1, 0.15) is 31.2 Å². The maximum absolute atomic E-state index is 13.3. The molecule has 0 bridgehead atoms. The normalized spacial score (nSPS) is 16.0. The van der Waals surface area contributed by atoms with E-state index < -0.39 is 28.4 Å². The van der Waals surface area contributed by atoms with Gasteiger partial charge in [0, 0.05) is 11.1 Å². The summed E-state index contributed by atoms with van der Waals surface area (Å²) >= 11 is 7.12. The molecule has 3 heterocycles. The number of benzene rings is 1. The molecule has 0 amide bonds. The third kappa shape index (κ3) is 3.90. The molecular weight excluding hydrogens is 458 g/mol. The van der Waals surface area contributed by atoms with E-state index in [1.54, 1.807) is 38.1 Å². The zero-order valence-corrected chi connectivity index (χ0v) is 18.5. The first-order chi connectivity index (χ1) is 15.3. The fourth-order valence-corrected chi connectivity index (χ4v) is 4.55. The highest BCUT2D eigenvalue weighted by Gasteiger charge is 2.33. The highest BCUT2D eigenvalue weighted by molar-refractivity contribution is 7.07. The number of ether oxygens (including phenoxy) is 1. The summed E-state index contributed by atoms with van der Waals surface area (Å²) in [6, 6.07) is 8.66. The van der Waals surface area contributed by atoms with Gasteiger partial charge in [0.25, 0.3) is 5.56 Å². The molecule has 0 unspecified atom stereocenters. The second kappa shape index (κ2) is 8.56. The minimum absolute atomic E-state index is 0.159. The van der Waals surface area contributed by atoms with E-state index in [0.29, 0.717) is 21.1 Å². The molecule has 9 nitrogen and oxygen atoms in total. The summed E-state index contributed by atoms with van der Waals surface area (Å²) in [6.45, 7) is 3.55. The van der Waals surface area contributed by atoms with Gasteiger partial charge in [-0.15, -0.1) is 0 Å². The van der Waals surface area contributed by atoms with E-state index in [9.17, 15) is 19.7 Å². The SMILES string of the molecule is CCOC(=O)C1=C(C)N=c2s/c(=C\c3ccc([N+](=O)[O-])o3)c(=O)n2[C@@H]1c1ccc(Cl)cc1. The van der Waals surface area contributed by atoms with Crippen LogP contribution in [-0.2, 0) is 9.53 Å². The van der Waals surface area contributed by atoms with Crippen LogP contribution in [0.3, 0.4) is 0 Å². The van der Waals surface area contributed by atoms with E-state index in [-0.39, 0.29) is 22.5 Å². The molecule has 4 rings (SSSR count). The molecule has 11 heteroatoms. The molecule has 164 valence electrons. The number of hydrogen-bond acceptors (Lipinski definition) is 8. The summed E-state index contributed by atoms with van der Waals surface area (Å²) in [4.78, 5) is 41.2. The van der Waals surface area contributed by atoms with Gasteiger partial charge in [-0.25, -0.2) is 9.79 Å². The number of fused-ring (bicyclic) bond motifs is 1. The molecule has 0 spiro atoms. The molecule has 1 atom stereocenters. The number of esters is 1. The highest BCUT2D eigenvalue weighted by Crippen LogP contribution is 2.31. The van der Waals surface area contributed by atoms with Gasteiger partial charge in [0.15, 0.2) is 4.80 Å². The van der Waals surface area contributed by atoms with Crippen molar-refractivity contribution in [3.63, 3.8) is 0 Å². The van der Waals surface area contributed by atoms with Gasteiger partial charge in [0.2, 0.25) is 0 Å². The Morgan fingerprint density at radius 3 is 2.69 bits per heavy atom. The van der Waals surface area contributed by atoms with Crippen LogP contribution < -0.4 is 14.9 Å². The van der Waals surface area contributed by atoms with E-state index in [1.165, 1.54) is 22.8 Å².